The van der Waals surface area contributed by atoms with Crippen LogP contribution in [0.5, 0.6) is 0 Å². The first-order chi connectivity index (χ1) is 5.27. The first-order valence-corrected chi connectivity index (χ1v) is 4.16. The number of fused-ring (bicyclic) bond motifs is 1. The number of hydrogen-bond acceptors (Lipinski definition) is 2. The molecule has 0 N–H and O–H groups in total. The predicted octanol–water partition coefficient (Wildman–Crippen LogP) is 3.09. The fraction of sp³-hybridized carbons (Fsp3) is 0. The van der Waals surface area contributed by atoms with Crippen molar-refractivity contribution in [2.24, 2.45) is 0 Å². The molecule has 2 heterocycles. The lowest BCUT2D eigenvalue weighted by atomic mass is 10.4. The van der Waals surface area contributed by atoms with Gasteiger partial charge in [-0.3, -0.25) is 4.98 Å². The van der Waals surface area contributed by atoms with Crippen molar-refractivity contribution in [1.29, 1.82) is 0 Å². The van der Waals surface area contributed by atoms with Gasteiger partial charge in [-0.1, -0.05) is 11.6 Å². The van der Waals surface area contributed by atoms with E-state index in [4.69, 9.17) is 11.6 Å². The van der Waals surface area contributed by atoms with Crippen molar-refractivity contribution in [3.8, 4) is 0 Å². The normalized spacial score (nSPS) is 10.7. The Morgan fingerprint density at radius 1 is 1.55 bits per heavy atom. The van der Waals surface area contributed by atoms with Gasteiger partial charge < -0.3 is 0 Å². The SMILES string of the molecule is Fc1cc2nccc(Cl)c2s1. The van der Waals surface area contributed by atoms with Crippen LogP contribution in [0.1, 0.15) is 0 Å². The molecule has 0 amide bonds. The van der Waals surface area contributed by atoms with Gasteiger partial charge in [-0.2, -0.15) is 4.39 Å². The molecular formula is C7H3ClFNS. The standard InChI is InChI=1S/C7H3ClFNS/c8-4-1-2-10-5-3-6(9)11-7(4)5/h1-3H. The Morgan fingerprint density at radius 2 is 2.36 bits per heavy atom. The second-order valence-electron chi connectivity index (χ2n) is 2.06. The number of nitrogens with zero attached hydrogens (tertiary/aromatic N) is 1. The van der Waals surface area contributed by atoms with Crippen LogP contribution < -0.4 is 0 Å². The van der Waals surface area contributed by atoms with Crippen LogP contribution >= 0.6 is 22.9 Å². The van der Waals surface area contributed by atoms with Crippen LogP contribution in [0.2, 0.25) is 5.02 Å². The zero-order valence-electron chi connectivity index (χ0n) is 5.34. The Morgan fingerprint density at radius 3 is 3.09 bits per heavy atom. The molecular weight excluding hydrogens is 185 g/mol. The maximum Gasteiger partial charge on any atom is 0.179 e. The molecule has 56 valence electrons. The van der Waals surface area contributed by atoms with E-state index in [9.17, 15) is 4.39 Å². The van der Waals surface area contributed by atoms with Gasteiger partial charge >= 0.3 is 0 Å². The molecule has 0 unspecified atom stereocenters. The molecule has 2 aromatic rings. The number of aromatic nitrogens is 1. The van der Waals surface area contributed by atoms with Gasteiger partial charge in [-0.15, -0.1) is 11.3 Å². The van der Waals surface area contributed by atoms with Crippen molar-refractivity contribution >= 4 is 33.2 Å². The maximum absolute atomic E-state index is 12.6. The van der Waals surface area contributed by atoms with Crippen LogP contribution in [0.4, 0.5) is 4.39 Å². The van der Waals surface area contributed by atoms with Gasteiger partial charge in [0, 0.05) is 12.3 Å². The van der Waals surface area contributed by atoms with Gasteiger partial charge in [0.2, 0.25) is 0 Å². The molecule has 0 bridgehead atoms. The average molecular weight is 188 g/mol. The zero-order valence-corrected chi connectivity index (χ0v) is 6.92. The summed E-state index contributed by atoms with van der Waals surface area (Å²) >= 11 is 6.79. The van der Waals surface area contributed by atoms with Crippen molar-refractivity contribution in [3.63, 3.8) is 0 Å². The summed E-state index contributed by atoms with van der Waals surface area (Å²) in [6.07, 6.45) is 1.57. The Hall–Kier alpha value is -0.670. The van der Waals surface area contributed by atoms with E-state index in [-0.39, 0.29) is 5.13 Å². The van der Waals surface area contributed by atoms with Crippen LogP contribution in [-0.2, 0) is 0 Å². The molecule has 0 spiro atoms. The van der Waals surface area contributed by atoms with E-state index in [0.717, 1.165) is 11.3 Å². The number of halogens is 2. The van der Waals surface area contributed by atoms with Gasteiger partial charge in [0.1, 0.15) is 0 Å². The largest absolute Gasteiger partial charge is 0.255 e. The third kappa shape index (κ3) is 1.10. The zero-order chi connectivity index (χ0) is 7.84. The summed E-state index contributed by atoms with van der Waals surface area (Å²) in [4.78, 5) is 3.95. The quantitative estimate of drug-likeness (QED) is 0.618. The Balaban J connectivity index is 2.90. The lowest BCUT2D eigenvalue weighted by Crippen LogP contribution is -1.69. The highest BCUT2D eigenvalue weighted by atomic mass is 35.5. The van der Waals surface area contributed by atoms with Crippen LogP contribution in [0, 0.1) is 5.13 Å². The van der Waals surface area contributed by atoms with Crippen LogP contribution in [0.25, 0.3) is 10.2 Å². The molecule has 0 aliphatic carbocycles. The van der Waals surface area contributed by atoms with Gasteiger partial charge in [-0.05, 0) is 6.07 Å². The van der Waals surface area contributed by atoms with Crippen molar-refractivity contribution < 1.29 is 4.39 Å². The second kappa shape index (κ2) is 2.43. The molecule has 0 radical (unpaired) electrons. The molecule has 2 aromatic heterocycles. The summed E-state index contributed by atoms with van der Waals surface area (Å²) in [6.45, 7) is 0. The lowest BCUT2D eigenvalue weighted by Gasteiger charge is -1.88. The first kappa shape index (κ1) is 7.00. The topological polar surface area (TPSA) is 12.9 Å². The third-order valence-corrected chi connectivity index (χ3v) is 2.71. The molecule has 0 aliphatic rings. The number of rotatable bonds is 0. The summed E-state index contributed by atoms with van der Waals surface area (Å²) < 4.78 is 13.3. The molecule has 0 saturated carbocycles. The van der Waals surface area contributed by atoms with Crippen LogP contribution in [0.3, 0.4) is 0 Å². The summed E-state index contributed by atoms with van der Waals surface area (Å²) in [5, 5.41) is 0.310. The summed E-state index contributed by atoms with van der Waals surface area (Å²) in [5.41, 5.74) is 0.625. The molecule has 0 atom stereocenters. The fourth-order valence-corrected chi connectivity index (χ4v) is 1.89. The fourth-order valence-electron chi connectivity index (χ4n) is 0.878. The molecule has 0 aromatic carbocycles. The van der Waals surface area contributed by atoms with E-state index >= 15 is 0 Å². The van der Waals surface area contributed by atoms with Gasteiger partial charge in [0.25, 0.3) is 0 Å². The minimum Gasteiger partial charge on any atom is -0.255 e. The summed E-state index contributed by atoms with van der Waals surface area (Å²) in [5.74, 6) is 0. The lowest BCUT2D eigenvalue weighted by molar-refractivity contribution is 0.658. The van der Waals surface area contributed by atoms with Gasteiger partial charge in [0.15, 0.2) is 5.13 Å². The van der Waals surface area contributed by atoms with Gasteiger partial charge in [0.05, 0.1) is 15.2 Å². The minimum absolute atomic E-state index is 0.249. The van der Waals surface area contributed by atoms with E-state index in [2.05, 4.69) is 4.98 Å². The summed E-state index contributed by atoms with van der Waals surface area (Å²) in [7, 11) is 0. The highest BCUT2D eigenvalue weighted by molar-refractivity contribution is 7.18. The minimum atomic E-state index is -0.249. The van der Waals surface area contributed by atoms with E-state index in [1.807, 2.05) is 0 Å². The maximum atomic E-state index is 12.6. The number of thiophene rings is 1. The first-order valence-electron chi connectivity index (χ1n) is 2.97. The van der Waals surface area contributed by atoms with Crippen molar-refractivity contribution in [1.82, 2.24) is 4.98 Å². The van der Waals surface area contributed by atoms with Crippen molar-refractivity contribution in [2.45, 2.75) is 0 Å². The van der Waals surface area contributed by atoms with E-state index in [1.54, 1.807) is 12.3 Å². The summed E-state index contributed by atoms with van der Waals surface area (Å²) in [6, 6.07) is 3.03. The molecule has 4 heteroatoms. The monoisotopic (exact) mass is 187 g/mol. The van der Waals surface area contributed by atoms with Crippen molar-refractivity contribution in [3.05, 3.63) is 28.5 Å². The van der Waals surface area contributed by atoms with E-state index in [1.165, 1.54) is 6.07 Å². The highest BCUT2D eigenvalue weighted by Gasteiger charge is 2.04. The third-order valence-electron chi connectivity index (χ3n) is 1.33. The van der Waals surface area contributed by atoms with Crippen molar-refractivity contribution in [2.75, 3.05) is 0 Å². The molecule has 0 fully saturated rings. The van der Waals surface area contributed by atoms with Crippen LogP contribution in [-0.4, -0.2) is 4.98 Å². The number of hydrogen-bond donors (Lipinski definition) is 0. The predicted molar refractivity (Wildman–Crippen MR) is 44.6 cm³/mol. The molecule has 2 rings (SSSR count). The molecule has 11 heavy (non-hydrogen) atoms. The Bertz CT molecular complexity index is 398. The van der Waals surface area contributed by atoms with Crippen LogP contribution in [0.15, 0.2) is 18.3 Å². The Labute approximate surface area is 71.4 Å². The molecule has 1 nitrogen and oxygen atoms in total. The second-order valence-corrected chi connectivity index (χ2v) is 3.47. The highest BCUT2D eigenvalue weighted by Crippen LogP contribution is 2.28. The molecule has 0 aliphatic heterocycles. The van der Waals surface area contributed by atoms with Gasteiger partial charge in [-0.25, -0.2) is 0 Å². The smallest absolute Gasteiger partial charge is 0.179 e. The Kier molecular flexibility index (Phi) is 1.55. The molecule has 0 saturated heterocycles. The number of pyridine rings is 1. The van der Waals surface area contributed by atoms with E-state index < -0.39 is 0 Å². The van der Waals surface area contributed by atoms with E-state index in [0.29, 0.717) is 15.2 Å². The average Bonchev–Trinajstić information content (AvgIpc) is 2.31.